The van der Waals surface area contributed by atoms with Gasteiger partial charge in [0.15, 0.2) is 0 Å². The molecule has 0 saturated carbocycles. The highest BCUT2D eigenvalue weighted by molar-refractivity contribution is 9.11. The van der Waals surface area contributed by atoms with E-state index < -0.39 is 0 Å². The zero-order valence-electron chi connectivity index (χ0n) is 8.74. The molecule has 5 heteroatoms. The lowest BCUT2D eigenvalue weighted by Gasteiger charge is -2.07. The number of carbonyl (C=O) groups excluding carboxylic acids is 1. The molecule has 1 N–H and O–H groups in total. The molecule has 0 spiro atoms. The van der Waals surface area contributed by atoms with Gasteiger partial charge in [-0.3, -0.25) is 4.79 Å². The number of carbonyl (C=O) groups is 1. The summed E-state index contributed by atoms with van der Waals surface area (Å²) >= 11 is 10.6. The summed E-state index contributed by atoms with van der Waals surface area (Å²) in [6.07, 6.45) is 0. The fraction of sp³-hybridized carbons (Fsp3) is 0.0833. The first-order chi connectivity index (χ1) is 8.20. The van der Waals surface area contributed by atoms with Crippen molar-refractivity contribution in [1.29, 1.82) is 0 Å². The monoisotopic (exact) mass is 329 g/mol. The van der Waals surface area contributed by atoms with Crippen LogP contribution in [0.25, 0.3) is 0 Å². The van der Waals surface area contributed by atoms with Crippen molar-refractivity contribution in [2.75, 3.05) is 5.32 Å². The van der Waals surface area contributed by atoms with E-state index in [-0.39, 0.29) is 5.91 Å². The lowest BCUT2D eigenvalue weighted by atomic mass is 10.2. The van der Waals surface area contributed by atoms with Gasteiger partial charge in [0, 0.05) is 16.9 Å². The van der Waals surface area contributed by atoms with Crippen molar-refractivity contribution in [3.63, 3.8) is 0 Å². The molecule has 17 heavy (non-hydrogen) atoms. The highest BCUT2D eigenvalue weighted by atomic mass is 79.9. The van der Waals surface area contributed by atoms with Crippen molar-refractivity contribution in [2.24, 2.45) is 0 Å². The van der Waals surface area contributed by atoms with Crippen LogP contribution in [0.4, 0.5) is 5.69 Å². The van der Waals surface area contributed by atoms with Gasteiger partial charge < -0.3 is 5.32 Å². The van der Waals surface area contributed by atoms with E-state index in [4.69, 9.17) is 11.6 Å². The van der Waals surface area contributed by atoms with Crippen LogP contribution in [0.3, 0.4) is 0 Å². The van der Waals surface area contributed by atoms with E-state index in [0.29, 0.717) is 11.4 Å². The Balaban J connectivity index is 2.18. The molecule has 2 rings (SSSR count). The van der Waals surface area contributed by atoms with E-state index in [1.165, 1.54) is 11.3 Å². The quantitative estimate of drug-likeness (QED) is 0.825. The lowest BCUT2D eigenvalue weighted by Crippen LogP contribution is -2.12. The summed E-state index contributed by atoms with van der Waals surface area (Å²) in [5, 5.41) is 4.66. The topological polar surface area (TPSA) is 29.1 Å². The normalized spacial score (nSPS) is 10.2. The van der Waals surface area contributed by atoms with Gasteiger partial charge in [-0.1, -0.05) is 18.2 Å². The summed E-state index contributed by atoms with van der Waals surface area (Å²) in [5.41, 5.74) is 2.32. The minimum Gasteiger partial charge on any atom is -0.322 e. The molecule has 0 aliphatic rings. The van der Waals surface area contributed by atoms with Crippen LogP contribution >= 0.6 is 38.9 Å². The minimum absolute atomic E-state index is 0.121. The van der Waals surface area contributed by atoms with Crippen LogP contribution in [0.15, 0.2) is 39.5 Å². The maximum atomic E-state index is 11.9. The van der Waals surface area contributed by atoms with Gasteiger partial charge in [0.2, 0.25) is 0 Å². The highest BCUT2D eigenvalue weighted by Crippen LogP contribution is 2.23. The summed E-state index contributed by atoms with van der Waals surface area (Å²) in [4.78, 5) is 11.9. The molecule has 0 atom stereocenters. The second kappa shape index (κ2) is 5.67. The minimum atomic E-state index is -0.121. The molecule has 1 aromatic heterocycles. The number of thiophene rings is 1. The number of anilines is 1. The Hall–Kier alpha value is -0.840. The SMILES string of the molecule is O=C(Nc1ccccc1CCl)c1csc(Br)c1. The summed E-state index contributed by atoms with van der Waals surface area (Å²) in [7, 11) is 0. The van der Waals surface area contributed by atoms with E-state index in [9.17, 15) is 4.79 Å². The van der Waals surface area contributed by atoms with Gasteiger partial charge in [-0.25, -0.2) is 0 Å². The fourth-order valence-corrected chi connectivity index (χ4v) is 2.75. The largest absolute Gasteiger partial charge is 0.322 e. The van der Waals surface area contributed by atoms with E-state index in [2.05, 4.69) is 21.2 Å². The number of nitrogens with one attached hydrogen (secondary N) is 1. The molecule has 1 heterocycles. The van der Waals surface area contributed by atoms with Crippen molar-refractivity contribution in [3.8, 4) is 0 Å². The van der Waals surface area contributed by atoms with E-state index >= 15 is 0 Å². The Kier molecular flexibility index (Phi) is 4.20. The Bertz CT molecular complexity index is 541. The summed E-state index contributed by atoms with van der Waals surface area (Å²) < 4.78 is 0.938. The average molecular weight is 331 g/mol. The van der Waals surface area contributed by atoms with Crippen LogP contribution < -0.4 is 5.32 Å². The third kappa shape index (κ3) is 3.09. The molecular formula is C12H9BrClNOS. The van der Waals surface area contributed by atoms with Gasteiger partial charge in [-0.05, 0) is 33.6 Å². The van der Waals surface area contributed by atoms with Crippen LogP contribution in [0.5, 0.6) is 0 Å². The first-order valence-corrected chi connectivity index (χ1v) is 7.10. The molecule has 1 amide bonds. The van der Waals surface area contributed by atoms with E-state index in [1.54, 1.807) is 6.07 Å². The summed E-state index contributed by atoms with van der Waals surface area (Å²) in [6.45, 7) is 0. The Labute approximate surface area is 117 Å². The predicted octanol–water partition coefficient (Wildman–Crippen LogP) is 4.50. The third-order valence-corrected chi connectivity index (χ3v) is 4.03. The maximum Gasteiger partial charge on any atom is 0.256 e. The van der Waals surface area contributed by atoms with Crippen molar-refractivity contribution in [2.45, 2.75) is 5.88 Å². The number of para-hydroxylation sites is 1. The second-order valence-corrected chi connectivity index (χ2v) is 5.94. The highest BCUT2D eigenvalue weighted by Gasteiger charge is 2.09. The summed E-state index contributed by atoms with van der Waals surface area (Å²) in [6, 6.07) is 9.30. The zero-order chi connectivity index (χ0) is 12.3. The van der Waals surface area contributed by atoms with Crippen LogP contribution in [-0.4, -0.2) is 5.91 Å². The standard InChI is InChI=1S/C12H9BrClNOS/c13-11-5-9(7-17-11)12(16)15-10-4-2-1-3-8(10)6-14/h1-5,7H,6H2,(H,15,16). The van der Waals surface area contributed by atoms with Gasteiger partial charge in [-0.2, -0.15) is 0 Å². The number of rotatable bonds is 3. The molecule has 0 bridgehead atoms. The van der Waals surface area contributed by atoms with Gasteiger partial charge in [0.1, 0.15) is 0 Å². The van der Waals surface area contributed by atoms with Crippen molar-refractivity contribution in [3.05, 3.63) is 50.6 Å². The molecule has 0 radical (unpaired) electrons. The molecule has 2 aromatic rings. The van der Waals surface area contributed by atoms with Crippen LogP contribution in [0, 0.1) is 0 Å². The van der Waals surface area contributed by atoms with Gasteiger partial charge in [0.25, 0.3) is 5.91 Å². The Morgan fingerprint density at radius 1 is 1.41 bits per heavy atom. The maximum absolute atomic E-state index is 11.9. The molecular weight excluding hydrogens is 322 g/mol. The average Bonchev–Trinajstić information content (AvgIpc) is 2.77. The summed E-state index contributed by atoms with van der Waals surface area (Å²) in [5.74, 6) is 0.258. The zero-order valence-corrected chi connectivity index (χ0v) is 11.9. The van der Waals surface area contributed by atoms with Crippen molar-refractivity contribution >= 4 is 50.5 Å². The van der Waals surface area contributed by atoms with Crippen LogP contribution in [0.2, 0.25) is 0 Å². The number of halogens is 2. The molecule has 88 valence electrons. The smallest absolute Gasteiger partial charge is 0.256 e. The first-order valence-electron chi connectivity index (χ1n) is 4.90. The van der Waals surface area contributed by atoms with Gasteiger partial charge in [-0.15, -0.1) is 22.9 Å². The third-order valence-electron chi connectivity index (χ3n) is 2.24. The van der Waals surface area contributed by atoms with Gasteiger partial charge in [0.05, 0.1) is 9.35 Å². The van der Waals surface area contributed by atoms with Gasteiger partial charge >= 0.3 is 0 Å². The molecule has 0 fully saturated rings. The van der Waals surface area contributed by atoms with Crippen molar-refractivity contribution in [1.82, 2.24) is 0 Å². The Morgan fingerprint density at radius 3 is 2.82 bits per heavy atom. The van der Waals surface area contributed by atoms with E-state index in [1.807, 2.05) is 29.6 Å². The second-order valence-electron chi connectivity index (χ2n) is 3.38. The molecule has 2 nitrogen and oxygen atoms in total. The molecule has 1 aromatic carbocycles. The lowest BCUT2D eigenvalue weighted by molar-refractivity contribution is 0.102. The number of hydrogen-bond acceptors (Lipinski definition) is 2. The van der Waals surface area contributed by atoms with Crippen LogP contribution in [-0.2, 0) is 5.88 Å². The van der Waals surface area contributed by atoms with Crippen LogP contribution in [0.1, 0.15) is 15.9 Å². The number of alkyl halides is 1. The predicted molar refractivity (Wildman–Crippen MR) is 76.0 cm³/mol. The first kappa shape index (κ1) is 12.6. The number of benzene rings is 1. The molecule has 0 aliphatic heterocycles. The molecule has 0 aliphatic carbocycles. The van der Waals surface area contributed by atoms with Crippen molar-refractivity contribution < 1.29 is 4.79 Å². The Morgan fingerprint density at radius 2 is 2.18 bits per heavy atom. The van der Waals surface area contributed by atoms with E-state index in [0.717, 1.165) is 15.0 Å². The molecule has 0 unspecified atom stereocenters. The number of amides is 1. The molecule has 0 saturated heterocycles. The number of hydrogen-bond donors (Lipinski definition) is 1. The fourth-order valence-electron chi connectivity index (χ4n) is 1.38.